The predicted molar refractivity (Wildman–Crippen MR) is 83.6 cm³/mol. The molecule has 3 rings (SSSR count). The summed E-state index contributed by atoms with van der Waals surface area (Å²) in [6.07, 6.45) is 6.37. The SMILES string of the molecule is C=S(C)(=O)N1CC=C(c2c[nH]c3c(F)cccc23)CC1. The topological polar surface area (TPSA) is 36.1 Å². The van der Waals surface area contributed by atoms with Gasteiger partial charge in [-0.1, -0.05) is 18.2 Å². The first kappa shape index (κ1) is 13.4. The fraction of sp³-hybridized carbons (Fsp3) is 0.267. The molecular weight excluding hydrogens is 275 g/mol. The maximum Gasteiger partial charge on any atom is 0.147 e. The van der Waals surface area contributed by atoms with Crippen LogP contribution >= 0.6 is 0 Å². The Kier molecular flexibility index (Phi) is 3.18. The van der Waals surface area contributed by atoms with E-state index in [4.69, 9.17) is 0 Å². The average molecular weight is 292 g/mol. The van der Waals surface area contributed by atoms with Crippen molar-refractivity contribution in [2.45, 2.75) is 6.42 Å². The lowest BCUT2D eigenvalue weighted by Crippen LogP contribution is -2.33. The molecule has 0 fully saturated rings. The highest BCUT2D eigenvalue weighted by atomic mass is 32.2. The Bertz CT molecular complexity index is 789. The standard InChI is InChI=1S/C15H17FN2OS/c1-20(2,19)18-8-6-11(7-9-18)13-10-17-15-12(13)4-3-5-14(15)16/h3-6,10,17H,1,7-9H2,2H3. The van der Waals surface area contributed by atoms with Crippen LogP contribution in [-0.4, -0.2) is 38.7 Å². The summed E-state index contributed by atoms with van der Waals surface area (Å²) in [6, 6.07) is 5.09. The minimum atomic E-state index is -2.15. The molecule has 1 N–H and O–H groups in total. The van der Waals surface area contributed by atoms with Crippen molar-refractivity contribution in [3.63, 3.8) is 0 Å². The van der Waals surface area contributed by atoms with E-state index in [0.29, 0.717) is 18.6 Å². The highest BCUT2D eigenvalue weighted by Crippen LogP contribution is 2.30. The van der Waals surface area contributed by atoms with Crippen LogP contribution in [0.5, 0.6) is 0 Å². The second kappa shape index (κ2) is 4.75. The zero-order valence-corrected chi connectivity index (χ0v) is 12.2. The Labute approximate surface area is 118 Å². The van der Waals surface area contributed by atoms with Gasteiger partial charge in [-0.2, -0.15) is 0 Å². The van der Waals surface area contributed by atoms with E-state index in [2.05, 4.69) is 16.9 Å². The number of fused-ring (bicyclic) bond motifs is 1. The van der Waals surface area contributed by atoms with E-state index in [1.807, 2.05) is 16.6 Å². The van der Waals surface area contributed by atoms with Crippen LogP contribution in [0.2, 0.25) is 0 Å². The van der Waals surface area contributed by atoms with Gasteiger partial charge in [0.1, 0.15) is 5.82 Å². The Morgan fingerprint density at radius 3 is 2.90 bits per heavy atom. The first-order valence-corrected chi connectivity index (χ1v) is 8.58. The molecular formula is C15H17FN2OS. The van der Waals surface area contributed by atoms with Gasteiger partial charge in [0.2, 0.25) is 0 Å². The molecule has 0 radical (unpaired) electrons. The molecule has 1 aliphatic rings. The van der Waals surface area contributed by atoms with E-state index in [9.17, 15) is 8.60 Å². The molecule has 2 heterocycles. The number of para-hydroxylation sites is 1. The Morgan fingerprint density at radius 1 is 1.45 bits per heavy atom. The fourth-order valence-electron chi connectivity index (χ4n) is 2.63. The number of aromatic amines is 1. The molecule has 0 spiro atoms. The van der Waals surface area contributed by atoms with Gasteiger partial charge in [-0.3, -0.25) is 4.21 Å². The maximum absolute atomic E-state index is 13.7. The van der Waals surface area contributed by atoms with Crippen molar-refractivity contribution in [2.24, 2.45) is 0 Å². The smallest absolute Gasteiger partial charge is 0.147 e. The quantitative estimate of drug-likeness (QED) is 0.849. The van der Waals surface area contributed by atoms with Gasteiger partial charge in [0, 0.05) is 46.2 Å². The van der Waals surface area contributed by atoms with E-state index in [1.165, 1.54) is 11.6 Å². The first-order chi connectivity index (χ1) is 9.47. The van der Waals surface area contributed by atoms with E-state index in [-0.39, 0.29) is 5.82 Å². The number of halogens is 1. The van der Waals surface area contributed by atoms with Gasteiger partial charge in [0.15, 0.2) is 0 Å². The van der Waals surface area contributed by atoms with E-state index < -0.39 is 9.71 Å². The van der Waals surface area contributed by atoms with Crippen LogP contribution in [0.3, 0.4) is 0 Å². The van der Waals surface area contributed by atoms with Crippen LogP contribution in [0.1, 0.15) is 12.0 Å². The Hall–Kier alpha value is -1.59. The molecule has 2 aromatic rings. The normalized spacial score (nSPS) is 19.8. The van der Waals surface area contributed by atoms with Crippen molar-refractivity contribution in [2.75, 3.05) is 19.3 Å². The minimum Gasteiger partial charge on any atom is -0.358 e. The third-order valence-corrected chi connectivity index (χ3v) is 5.15. The number of nitrogens with one attached hydrogen (secondary N) is 1. The second-order valence-corrected chi connectivity index (χ2v) is 7.63. The Balaban J connectivity index is 1.98. The van der Waals surface area contributed by atoms with Gasteiger partial charge in [0.25, 0.3) is 0 Å². The molecule has 0 amide bonds. The third kappa shape index (κ3) is 2.27. The molecule has 1 aliphatic heterocycles. The number of hydrogen-bond donors (Lipinski definition) is 1. The molecule has 3 nitrogen and oxygen atoms in total. The molecule has 1 unspecified atom stereocenters. The van der Waals surface area contributed by atoms with Gasteiger partial charge in [-0.15, -0.1) is 0 Å². The van der Waals surface area contributed by atoms with Crippen molar-refractivity contribution in [3.05, 3.63) is 41.9 Å². The van der Waals surface area contributed by atoms with Crippen LogP contribution in [0.25, 0.3) is 16.5 Å². The van der Waals surface area contributed by atoms with Gasteiger partial charge in [-0.25, -0.2) is 8.70 Å². The summed E-state index contributed by atoms with van der Waals surface area (Å²) in [6.45, 7) is 1.34. The first-order valence-electron chi connectivity index (χ1n) is 6.49. The zero-order valence-electron chi connectivity index (χ0n) is 11.4. The van der Waals surface area contributed by atoms with Gasteiger partial charge >= 0.3 is 0 Å². The molecule has 1 aromatic carbocycles. The van der Waals surface area contributed by atoms with E-state index in [1.54, 1.807) is 12.3 Å². The average Bonchev–Trinajstić information content (AvgIpc) is 2.83. The summed E-state index contributed by atoms with van der Waals surface area (Å²) >= 11 is 0. The lowest BCUT2D eigenvalue weighted by atomic mass is 10.00. The Morgan fingerprint density at radius 2 is 2.25 bits per heavy atom. The van der Waals surface area contributed by atoms with Crippen molar-refractivity contribution in [3.8, 4) is 0 Å². The van der Waals surface area contributed by atoms with Crippen molar-refractivity contribution in [1.82, 2.24) is 9.29 Å². The summed E-state index contributed by atoms with van der Waals surface area (Å²) in [5.74, 6) is 3.48. The number of hydrogen-bond acceptors (Lipinski definition) is 1. The lowest BCUT2D eigenvalue weighted by molar-refractivity contribution is 0.484. The molecule has 0 bridgehead atoms. The summed E-state index contributed by atoms with van der Waals surface area (Å²) in [5, 5.41) is 0.900. The lowest BCUT2D eigenvalue weighted by Gasteiger charge is -2.27. The molecule has 20 heavy (non-hydrogen) atoms. The summed E-state index contributed by atoms with van der Waals surface area (Å²) in [5.41, 5.74) is 2.75. The predicted octanol–water partition coefficient (Wildman–Crippen LogP) is 2.66. The van der Waals surface area contributed by atoms with Gasteiger partial charge in [0.05, 0.1) is 5.52 Å². The van der Waals surface area contributed by atoms with Crippen molar-refractivity contribution in [1.29, 1.82) is 0 Å². The molecule has 0 saturated carbocycles. The van der Waals surface area contributed by atoms with Gasteiger partial charge in [-0.05, 0) is 23.9 Å². The second-order valence-electron chi connectivity index (χ2n) is 5.19. The summed E-state index contributed by atoms with van der Waals surface area (Å²) in [7, 11) is -2.15. The van der Waals surface area contributed by atoms with E-state index >= 15 is 0 Å². The fourth-order valence-corrected chi connectivity index (χ4v) is 3.50. The number of H-pyrrole nitrogens is 1. The number of rotatable bonds is 2. The van der Waals surface area contributed by atoms with Crippen molar-refractivity contribution >= 4 is 32.1 Å². The molecule has 1 atom stereocenters. The highest BCUT2D eigenvalue weighted by molar-refractivity contribution is 7.97. The van der Waals surface area contributed by atoms with Crippen molar-refractivity contribution < 1.29 is 8.60 Å². The largest absolute Gasteiger partial charge is 0.358 e. The van der Waals surface area contributed by atoms with Crippen LogP contribution in [0, 0.1) is 5.82 Å². The monoisotopic (exact) mass is 292 g/mol. The zero-order chi connectivity index (χ0) is 14.3. The molecule has 1 aromatic heterocycles. The highest BCUT2D eigenvalue weighted by Gasteiger charge is 2.19. The summed E-state index contributed by atoms with van der Waals surface area (Å²) < 4.78 is 27.5. The molecule has 0 saturated heterocycles. The number of aromatic nitrogens is 1. The molecule has 0 aliphatic carbocycles. The molecule has 106 valence electrons. The van der Waals surface area contributed by atoms with Crippen LogP contribution in [0.15, 0.2) is 30.5 Å². The maximum atomic E-state index is 13.7. The number of benzene rings is 1. The van der Waals surface area contributed by atoms with Gasteiger partial charge < -0.3 is 4.98 Å². The number of nitrogens with zero attached hydrogens (tertiary/aromatic N) is 1. The van der Waals surface area contributed by atoms with Crippen LogP contribution in [-0.2, 0) is 9.71 Å². The summed E-state index contributed by atoms with van der Waals surface area (Å²) in [4.78, 5) is 3.00. The van der Waals surface area contributed by atoms with E-state index in [0.717, 1.165) is 17.4 Å². The van der Waals surface area contributed by atoms with Crippen LogP contribution < -0.4 is 0 Å². The minimum absolute atomic E-state index is 0.235. The third-order valence-electron chi connectivity index (χ3n) is 3.73. The molecule has 5 heteroatoms. The van der Waals surface area contributed by atoms with Crippen LogP contribution in [0.4, 0.5) is 4.39 Å².